The van der Waals surface area contributed by atoms with Crippen molar-refractivity contribution < 1.29 is 0 Å². The van der Waals surface area contributed by atoms with Gasteiger partial charge in [0.2, 0.25) is 0 Å². The number of halogens is 1. The van der Waals surface area contributed by atoms with Crippen LogP contribution in [0.3, 0.4) is 0 Å². The lowest BCUT2D eigenvalue weighted by molar-refractivity contribution is 0.268. The van der Waals surface area contributed by atoms with Crippen LogP contribution in [0.4, 0.5) is 0 Å². The third-order valence-corrected chi connectivity index (χ3v) is 4.15. The quantitative estimate of drug-likeness (QED) is 0.900. The van der Waals surface area contributed by atoms with Gasteiger partial charge in [-0.25, -0.2) is 0 Å². The van der Waals surface area contributed by atoms with E-state index in [-0.39, 0.29) is 5.41 Å². The molecule has 1 heterocycles. The van der Waals surface area contributed by atoms with Crippen molar-refractivity contribution in [1.82, 2.24) is 15.5 Å². The van der Waals surface area contributed by atoms with Gasteiger partial charge in [0.1, 0.15) is 0 Å². The van der Waals surface area contributed by atoms with Crippen molar-refractivity contribution in [3.63, 3.8) is 0 Å². The maximum atomic E-state index is 6.14. The van der Waals surface area contributed by atoms with Crippen molar-refractivity contribution in [2.45, 2.75) is 32.9 Å². The van der Waals surface area contributed by atoms with E-state index in [0.29, 0.717) is 6.04 Å². The fraction of sp³-hybridized carbons (Fsp3) is 0.400. The summed E-state index contributed by atoms with van der Waals surface area (Å²) in [6, 6.07) is 6.56. The third kappa shape index (κ3) is 2.40. The Hall–Kier alpha value is -1.32. The molecule has 0 aliphatic heterocycles. The Morgan fingerprint density at radius 1 is 1.47 bits per heavy atom. The zero-order valence-electron chi connectivity index (χ0n) is 11.2. The molecule has 0 bridgehead atoms. The van der Waals surface area contributed by atoms with Crippen molar-refractivity contribution in [1.29, 1.82) is 0 Å². The molecule has 3 nitrogen and oxygen atoms in total. The van der Waals surface area contributed by atoms with Crippen molar-refractivity contribution in [2.75, 3.05) is 0 Å². The molecule has 1 aliphatic carbocycles. The first-order valence-corrected chi connectivity index (χ1v) is 6.93. The average molecular weight is 276 g/mol. The van der Waals surface area contributed by atoms with E-state index in [2.05, 4.69) is 41.5 Å². The summed E-state index contributed by atoms with van der Waals surface area (Å²) < 4.78 is 0. The number of fused-ring (bicyclic) bond motifs is 1. The molecule has 1 aliphatic rings. The zero-order valence-corrected chi connectivity index (χ0v) is 12.0. The summed E-state index contributed by atoms with van der Waals surface area (Å²) in [4.78, 5) is 0. The Morgan fingerprint density at radius 3 is 3.05 bits per heavy atom. The Bertz CT molecular complexity index is 575. The summed E-state index contributed by atoms with van der Waals surface area (Å²) in [5.74, 6) is 0. The van der Waals surface area contributed by atoms with Gasteiger partial charge in [-0.1, -0.05) is 31.5 Å². The topological polar surface area (TPSA) is 40.7 Å². The van der Waals surface area contributed by atoms with E-state index < -0.39 is 0 Å². The van der Waals surface area contributed by atoms with Crippen LogP contribution in [0.25, 0.3) is 0 Å². The van der Waals surface area contributed by atoms with Crippen LogP contribution in [0, 0.1) is 5.41 Å². The number of H-pyrrole nitrogens is 1. The highest BCUT2D eigenvalue weighted by Crippen LogP contribution is 2.45. The highest BCUT2D eigenvalue weighted by Gasteiger charge is 2.38. The van der Waals surface area contributed by atoms with Gasteiger partial charge in [-0.05, 0) is 35.1 Å². The molecule has 3 rings (SSSR count). The Kier molecular flexibility index (Phi) is 3.11. The van der Waals surface area contributed by atoms with Gasteiger partial charge in [0.15, 0.2) is 0 Å². The number of hydrogen-bond acceptors (Lipinski definition) is 2. The minimum atomic E-state index is 0.205. The van der Waals surface area contributed by atoms with E-state index in [0.717, 1.165) is 18.0 Å². The van der Waals surface area contributed by atoms with E-state index in [9.17, 15) is 0 Å². The molecule has 0 spiro atoms. The van der Waals surface area contributed by atoms with E-state index in [1.54, 1.807) is 0 Å². The molecule has 0 fully saturated rings. The van der Waals surface area contributed by atoms with Crippen LogP contribution < -0.4 is 5.32 Å². The molecule has 1 aromatic heterocycles. The first kappa shape index (κ1) is 12.7. The maximum Gasteiger partial charge on any atom is 0.0532 e. The minimum absolute atomic E-state index is 0.205. The van der Waals surface area contributed by atoms with Gasteiger partial charge < -0.3 is 5.32 Å². The van der Waals surface area contributed by atoms with Crippen LogP contribution >= 0.6 is 11.6 Å². The Balaban J connectivity index is 1.85. The van der Waals surface area contributed by atoms with E-state index in [4.69, 9.17) is 11.6 Å². The summed E-state index contributed by atoms with van der Waals surface area (Å²) in [5, 5.41) is 11.3. The van der Waals surface area contributed by atoms with E-state index in [1.165, 1.54) is 16.7 Å². The summed E-state index contributed by atoms with van der Waals surface area (Å²) in [5.41, 5.74) is 4.11. The van der Waals surface area contributed by atoms with Gasteiger partial charge in [0.05, 0.1) is 6.20 Å². The Morgan fingerprint density at radius 2 is 2.32 bits per heavy atom. The lowest BCUT2D eigenvalue weighted by atomic mass is 9.85. The molecular formula is C15H18ClN3. The second-order valence-corrected chi connectivity index (χ2v) is 6.37. The molecule has 0 amide bonds. The van der Waals surface area contributed by atoms with Crippen LogP contribution in [0.2, 0.25) is 5.02 Å². The molecule has 1 atom stereocenters. The Labute approximate surface area is 118 Å². The molecule has 2 N–H and O–H groups in total. The highest BCUT2D eigenvalue weighted by atomic mass is 35.5. The molecular weight excluding hydrogens is 258 g/mol. The van der Waals surface area contributed by atoms with E-state index >= 15 is 0 Å². The minimum Gasteiger partial charge on any atom is -0.305 e. The van der Waals surface area contributed by atoms with Crippen LogP contribution in [0.15, 0.2) is 30.6 Å². The van der Waals surface area contributed by atoms with Gasteiger partial charge in [-0.3, -0.25) is 5.10 Å². The normalized spacial score (nSPS) is 20.5. The van der Waals surface area contributed by atoms with Crippen molar-refractivity contribution >= 4 is 11.6 Å². The molecule has 100 valence electrons. The van der Waals surface area contributed by atoms with Gasteiger partial charge >= 0.3 is 0 Å². The molecule has 1 aromatic carbocycles. The predicted molar refractivity (Wildman–Crippen MR) is 77.1 cm³/mol. The largest absolute Gasteiger partial charge is 0.305 e. The van der Waals surface area contributed by atoms with Crippen LogP contribution in [-0.2, 0) is 13.0 Å². The number of rotatable bonds is 3. The fourth-order valence-electron chi connectivity index (χ4n) is 2.99. The lowest BCUT2D eigenvalue weighted by Gasteiger charge is -2.28. The monoisotopic (exact) mass is 275 g/mol. The van der Waals surface area contributed by atoms with Crippen LogP contribution in [-0.4, -0.2) is 10.2 Å². The molecule has 0 saturated carbocycles. The fourth-order valence-corrected chi connectivity index (χ4v) is 3.17. The van der Waals surface area contributed by atoms with Gasteiger partial charge in [0, 0.05) is 29.4 Å². The van der Waals surface area contributed by atoms with Crippen molar-refractivity contribution in [3.8, 4) is 0 Å². The summed E-state index contributed by atoms with van der Waals surface area (Å²) in [7, 11) is 0. The summed E-state index contributed by atoms with van der Waals surface area (Å²) >= 11 is 6.14. The van der Waals surface area contributed by atoms with Gasteiger partial charge in [-0.15, -0.1) is 0 Å². The number of benzene rings is 1. The summed E-state index contributed by atoms with van der Waals surface area (Å²) in [6.45, 7) is 5.42. The second-order valence-electron chi connectivity index (χ2n) is 5.93. The zero-order chi connectivity index (χ0) is 13.5. The highest BCUT2D eigenvalue weighted by molar-refractivity contribution is 6.30. The molecule has 0 saturated heterocycles. The average Bonchev–Trinajstić information content (AvgIpc) is 2.92. The smallest absolute Gasteiger partial charge is 0.0532 e. The summed E-state index contributed by atoms with van der Waals surface area (Å²) in [6.07, 6.45) is 4.87. The van der Waals surface area contributed by atoms with Gasteiger partial charge in [-0.2, -0.15) is 5.10 Å². The molecule has 2 aromatic rings. The molecule has 1 unspecified atom stereocenters. The van der Waals surface area contributed by atoms with E-state index in [1.807, 2.05) is 18.5 Å². The molecule has 0 radical (unpaired) electrons. The number of hydrogen-bond donors (Lipinski definition) is 2. The number of nitrogens with zero attached hydrogens (tertiary/aromatic N) is 1. The van der Waals surface area contributed by atoms with Crippen molar-refractivity contribution in [3.05, 3.63) is 52.3 Å². The number of aromatic amines is 1. The van der Waals surface area contributed by atoms with Crippen LogP contribution in [0.5, 0.6) is 0 Å². The predicted octanol–water partition coefficient (Wildman–Crippen LogP) is 3.48. The number of nitrogens with one attached hydrogen (secondary N) is 2. The standard InChI is InChI=1S/C15H18ClN3/c1-15(2)6-11-3-4-12(16)5-13(11)14(15)17-7-10-8-18-19-9-10/h3-5,8-9,14,17H,6-7H2,1-2H3,(H,18,19). The second kappa shape index (κ2) is 4.66. The molecule has 4 heteroatoms. The van der Waals surface area contributed by atoms with Crippen molar-refractivity contribution in [2.24, 2.45) is 5.41 Å². The first-order chi connectivity index (χ1) is 9.06. The maximum absolute atomic E-state index is 6.14. The SMILES string of the molecule is CC1(C)Cc2ccc(Cl)cc2C1NCc1cn[nH]c1. The van der Waals surface area contributed by atoms with Crippen LogP contribution in [0.1, 0.15) is 36.6 Å². The lowest BCUT2D eigenvalue weighted by Crippen LogP contribution is -2.30. The molecule has 19 heavy (non-hydrogen) atoms. The van der Waals surface area contributed by atoms with Gasteiger partial charge in [0.25, 0.3) is 0 Å². The first-order valence-electron chi connectivity index (χ1n) is 6.56. The third-order valence-electron chi connectivity index (χ3n) is 3.91. The number of aromatic nitrogens is 2.